The fourth-order valence-electron chi connectivity index (χ4n) is 8.06. The summed E-state index contributed by atoms with van der Waals surface area (Å²) in [5, 5.41) is 9.81. The monoisotopic (exact) mass is 693 g/mol. The second kappa shape index (κ2) is 12.8. The highest BCUT2D eigenvalue weighted by atomic mass is 28.4. The minimum atomic E-state index is -3.56. The van der Waals surface area contributed by atoms with E-state index in [2.05, 4.69) is 0 Å². The Labute approximate surface area is 292 Å². The normalized spacial score (nSPS) is 22.6. The Bertz CT molecular complexity index is 1970. The van der Waals surface area contributed by atoms with Crippen molar-refractivity contribution in [3.8, 4) is 11.5 Å². The number of hydrogen-bond donors (Lipinski definition) is 1. The van der Waals surface area contributed by atoms with Crippen LogP contribution in [0, 0.1) is 5.92 Å². The highest BCUT2D eigenvalue weighted by Gasteiger charge is 2.66. The molecule has 0 radical (unpaired) electrons. The lowest BCUT2D eigenvalue weighted by molar-refractivity contribution is -0.149. The number of fused-ring (bicyclic) bond motifs is 4. The first kappa shape index (κ1) is 33.6. The molecular formula is C39H40FN3O6Si. The number of carbonyl (C=O) groups excluding carboxylic acids is 3. The number of para-hydroxylation sites is 3. The topological polar surface area (TPSA) is 99.6 Å². The summed E-state index contributed by atoms with van der Waals surface area (Å²) < 4.78 is 29.5. The van der Waals surface area contributed by atoms with E-state index in [4.69, 9.17) is 9.47 Å². The fourth-order valence-corrected chi connectivity index (χ4v) is 10.6. The molecule has 1 saturated heterocycles. The van der Waals surface area contributed by atoms with Crippen LogP contribution < -0.4 is 14.5 Å². The van der Waals surface area contributed by atoms with Crippen LogP contribution in [-0.4, -0.2) is 62.4 Å². The molecule has 50 heavy (non-hydrogen) atoms. The number of aliphatic hydroxyl groups excluding tert-OH is 1. The number of anilines is 3. The van der Waals surface area contributed by atoms with Crippen molar-refractivity contribution >= 4 is 43.2 Å². The first-order valence-electron chi connectivity index (χ1n) is 16.9. The molecule has 0 saturated carbocycles. The van der Waals surface area contributed by atoms with Gasteiger partial charge < -0.3 is 28.5 Å². The quantitative estimate of drug-likeness (QED) is 0.159. The van der Waals surface area contributed by atoms with Crippen molar-refractivity contribution in [2.75, 3.05) is 30.0 Å². The second-order valence-corrected chi connectivity index (χ2v) is 17.6. The van der Waals surface area contributed by atoms with Gasteiger partial charge in [0.15, 0.2) is 11.4 Å². The maximum absolute atomic E-state index is 16.5. The number of benzene rings is 4. The number of likely N-dealkylation sites (N-methyl/N-ethyl adjacent to an activating group) is 1. The van der Waals surface area contributed by atoms with Crippen molar-refractivity contribution < 1.29 is 33.1 Å². The van der Waals surface area contributed by atoms with E-state index in [0.29, 0.717) is 39.7 Å². The molecule has 1 fully saturated rings. The molecule has 4 aromatic rings. The number of ether oxygens (including phenoxy) is 2. The van der Waals surface area contributed by atoms with Crippen molar-refractivity contribution in [1.29, 1.82) is 0 Å². The molecule has 7 rings (SSSR count). The Hall–Kier alpha value is -4.84. The number of halogens is 1. The van der Waals surface area contributed by atoms with E-state index < -0.39 is 31.6 Å². The molecule has 1 N–H and O–H groups in total. The number of hydrogen-bond acceptors (Lipinski definition) is 6. The van der Waals surface area contributed by atoms with Gasteiger partial charge in [-0.3, -0.25) is 19.3 Å². The molecule has 4 atom stereocenters. The first-order valence-corrected chi connectivity index (χ1v) is 19.8. The molecule has 1 spiro atoms. The van der Waals surface area contributed by atoms with E-state index in [-0.39, 0.29) is 43.8 Å². The van der Waals surface area contributed by atoms with E-state index in [0.717, 1.165) is 5.56 Å². The van der Waals surface area contributed by atoms with Gasteiger partial charge in [-0.1, -0.05) is 61.5 Å². The number of nitrogens with zero attached hydrogens (tertiary/aromatic N) is 3. The van der Waals surface area contributed by atoms with Crippen molar-refractivity contribution in [3.63, 3.8) is 0 Å². The molecule has 3 heterocycles. The Morgan fingerprint density at radius 2 is 1.62 bits per heavy atom. The lowest BCUT2D eigenvalue weighted by atomic mass is 9.82. The van der Waals surface area contributed by atoms with Crippen LogP contribution in [0.1, 0.15) is 34.8 Å². The Morgan fingerprint density at radius 1 is 0.940 bits per heavy atom. The smallest absolute Gasteiger partial charge is 0.266 e. The maximum atomic E-state index is 16.5. The molecule has 11 heteroatoms. The van der Waals surface area contributed by atoms with E-state index in [9.17, 15) is 19.5 Å². The van der Waals surface area contributed by atoms with Crippen LogP contribution in [0.15, 0.2) is 97.1 Å². The highest BCUT2D eigenvalue weighted by Crippen LogP contribution is 2.60. The van der Waals surface area contributed by atoms with Gasteiger partial charge in [0, 0.05) is 42.8 Å². The van der Waals surface area contributed by atoms with E-state index in [1.54, 1.807) is 78.5 Å². The van der Waals surface area contributed by atoms with Gasteiger partial charge in [-0.25, -0.2) is 0 Å². The molecule has 3 amide bonds. The third kappa shape index (κ3) is 5.49. The van der Waals surface area contributed by atoms with Gasteiger partial charge in [-0.05, 0) is 61.1 Å². The van der Waals surface area contributed by atoms with Gasteiger partial charge in [-0.15, -0.1) is 0 Å². The fraction of sp³-hybridized carbons (Fsp3) is 0.308. The molecule has 0 unspecified atom stereocenters. The second-order valence-electron chi connectivity index (χ2n) is 13.8. The van der Waals surface area contributed by atoms with Gasteiger partial charge in [0.2, 0.25) is 14.3 Å². The summed E-state index contributed by atoms with van der Waals surface area (Å²) in [6.45, 7) is 5.17. The van der Waals surface area contributed by atoms with Crippen LogP contribution in [0.4, 0.5) is 21.2 Å². The molecule has 258 valence electrons. The van der Waals surface area contributed by atoms with E-state index in [1.165, 1.54) is 4.90 Å². The van der Waals surface area contributed by atoms with E-state index >= 15 is 4.11 Å². The lowest BCUT2D eigenvalue weighted by Crippen LogP contribution is -2.44. The molecule has 0 bridgehead atoms. The summed E-state index contributed by atoms with van der Waals surface area (Å²) in [5.41, 5.74) is 1.12. The number of aliphatic hydroxyl groups is 1. The van der Waals surface area contributed by atoms with Gasteiger partial charge in [0.05, 0.1) is 36.1 Å². The van der Waals surface area contributed by atoms with Crippen LogP contribution in [0.3, 0.4) is 0 Å². The number of rotatable bonds is 8. The zero-order valence-corrected chi connectivity index (χ0v) is 29.5. The molecule has 3 aliphatic heterocycles. The summed E-state index contributed by atoms with van der Waals surface area (Å²) >= 11 is 0. The van der Waals surface area contributed by atoms with Crippen LogP contribution >= 0.6 is 0 Å². The summed E-state index contributed by atoms with van der Waals surface area (Å²) in [6, 6.07) is 29.1. The predicted molar refractivity (Wildman–Crippen MR) is 191 cm³/mol. The van der Waals surface area contributed by atoms with Gasteiger partial charge >= 0.3 is 0 Å². The average molecular weight is 694 g/mol. The molecule has 0 aliphatic carbocycles. The minimum Gasteiger partial charge on any atom is -0.454 e. The van der Waals surface area contributed by atoms with Crippen molar-refractivity contribution in [2.24, 2.45) is 5.92 Å². The number of carbonyl (C=O) groups is 3. The van der Waals surface area contributed by atoms with Crippen LogP contribution in [0.2, 0.25) is 18.6 Å². The third-order valence-electron chi connectivity index (χ3n) is 10.3. The Kier molecular flexibility index (Phi) is 8.61. The lowest BCUT2D eigenvalue weighted by Gasteiger charge is -2.31. The van der Waals surface area contributed by atoms with Crippen molar-refractivity contribution in [2.45, 2.75) is 50.2 Å². The average Bonchev–Trinajstić information content (AvgIpc) is 3.45. The zero-order valence-electron chi connectivity index (χ0n) is 28.5. The molecule has 3 aliphatic rings. The third-order valence-corrected chi connectivity index (χ3v) is 12.8. The first-order chi connectivity index (χ1) is 24.0. The largest absolute Gasteiger partial charge is 0.454 e. The highest BCUT2D eigenvalue weighted by molar-refractivity contribution is 6.72. The standard InChI is InChI=1S/C39H40FN3O6Si/c1-25-36(50(3,4)40)34(23-35(45)42(20-21-44)24-26-12-6-5-7-13-26)49-39(25)29-22-27(18-19-30(29)41(2)38(39)47)43-31-15-9-11-17-33(31)48-32-16-10-8-14-28(32)37(43)46/h5-19,22,25,34,36,44H,20-21,23-24H2,1-4H3/t25-,34+,36-,39+/m1/s1. The summed E-state index contributed by atoms with van der Waals surface area (Å²) in [6.07, 6.45) is -1.05. The van der Waals surface area contributed by atoms with Crippen molar-refractivity contribution in [1.82, 2.24) is 4.90 Å². The van der Waals surface area contributed by atoms with Crippen LogP contribution in [0.25, 0.3) is 0 Å². The molecule has 9 nitrogen and oxygen atoms in total. The van der Waals surface area contributed by atoms with Crippen LogP contribution in [0.5, 0.6) is 11.5 Å². The molecular weight excluding hydrogens is 654 g/mol. The predicted octanol–water partition coefficient (Wildman–Crippen LogP) is 6.93. The SMILES string of the molecule is C[C@@H]1[C@@H]([Si](C)(C)F)[C@H](CC(=O)N(CCO)Cc2ccccc2)O[C@@]12C(=O)N(C)c1ccc(N3C(=O)c4ccccc4Oc4ccccc43)cc12. The zero-order chi connectivity index (χ0) is 35.4. The maximum Gasteiger partial charge on any atom is 0.266 e. The molecule has 4 aromatic carbocycles. The number of amides is 3. The van der Waals surface area contributed by atoms with Crippen LogP contribution in [-0.2, 0) is 26.5 Å². The van der Waals surface area contributed by atoms with Gasteiger partial charge in [0.25, 0.3) is 11.8 Å². The summed E-state index contributed by atoms with van der Waals surface area (Å²) in [5.74, 6) is -0.650. The van der Waals surface area contributed by atoms with E-state index in [1.807, 2.05) is 55.5 Å². The van der Waals surface area contributed by atoms with Gasteiger partial charge in [-0.2, -0.15) is 0 Å². The van der Waals surface area contributed by atoms with Gasteiger partial charge in [0.1, 0.15) is 5.75 Å². The summed E-state index contributed by atoms with van der Waals surface area (Å²) in [4.78, 5) is 47.2. The minimum absolute atomic E-state index is 0.105. The Balaban J connectivity index is 1.30. The molecule has 0 aromatic heterocycles. The Morgan fingerprint density at radius 3 is 2.34 bits per heavy atom. The summed E-state index contributed by atoms with van der Waals surface area (Å²) in [7, 11) is -1.90. The van der Waals surface area contributed by atoms with Crippen molar-refractivity contribution in [3.05, 3.63) is 114 Å².